The van der Waals surface area contributed by atoms with E-state index in [4.69, 9.17) is 4.42 Å². The van der Waals surface area contributed by atoms with Crippen molar-refractivity contribution in [3.63, 3.8) is 0 Å². The molecule has 2 heterocycles. The third kappa shape index (κ3) is 2.32. The zero-order chi connectivity index (χ0) is 16.8. The van der Waals surface area contributed by atoms with Crippen molar-refractivity contribution in [3.8, 4) is 11.5 Å². The molecule has 1 aromatic heterocycles. The molecule has 24 heavy (non-hydrogen) atoms. The molecule has 1 aliphatic heterocycles. The third-order valence-electron chi connectivity index (χ3n) is 4.76. The number of phenolic OH excluding ortho intramolecular Hbond substituents is 2. The third-order valence-corrected chi connectivity index (χ3v) is 4.76. The second-order valence-corrected chi connectivity index (χ2v) is 6.51. The van der Waals surface area contributed by atoms with Crippen LogP contribution in [0.15, 0.2) is 33.5 Å². The van der Waals surface area contributed by atoms with Crippen LogP contribution in [0.4, 0.5) is 0 Å². The van der Waals surface area contributed by atoms with Gasteiger partial charge in [-0.25, -0.2) is 0 Å². The highest BCUT2D eigenvalue weighted by Crippen LogP contribution is 2.36. The number of benzene rings is 2. The summed E-state index contributed by atoms with van der Waals surface area (Å²) in [4.78, 5) is 15.0. The normalized spacial score (nSPS) is 15.5. The highest BCUT2D eigenvalue weighted by atomic mass is 16.3. The molecule has 4 rings (SSSR count). The maximum Gasteiger partial charge on any atom is 0.204 e. The lowest BCUT2D eigenvalue weighted by molar-refractivity contribution is 0.316. The molecule has 0 radical (unpaired) electrons. The fourth-order valence-corrected chi connectivity index (χ4v) is 3.45. The summed E-state index contributed by atoms with van der Waals surface area (Å²) in [6.45, 7) is 4.21. The maximum absolute atomic E-state index is 12.8. The lowest BCUT2D eigenvalue weighted by Crippen LogP contribution is -2.18. The highest BCUT2D eigenvalue weighted by Gasteiger charge is 2.21. The van der Waals surface area contributed by atoms with Gasteiger partial charge in [0, 0.05) is 12.6 Å². The Balaban J connectivity index is 1.97. The second-order valence-electron chi connectivity index (χ2n) is 6.51. The van der Waals surface area contributed by atoms with Gasteiger partial charge in [0.15, 0.2) is 0 Å². The second kappa shape index (κ2) is 5.53. The number of phenols is 2. The molecule has 2 aromatic carbocycles. The van der Waals surface area contributed by atoms with E-state index in [-0.39, 0.29) is 27.9 Å². The number of aryl methyl sites for hydroxylation is 1. The molecule has 0 unspecified atom stereocenters. The molecular formula is C19H19NO4. The van der Waals surface area contributed by atoms with Gasteiger partial charge in [-0.3, -0.25) is 9.69 Å². The monoisotopic (exact) mass is 325 g/mol. The van der Waals surface area contributed by atoms with Crippen molar-refractivity contribution in [2.45, 2.75) is 26.3 Å². The first kappa shape index (κ1) is 15.0. The number of aromatic hydroxyl groups is 2. The lowest BCUT2D eigenvalue weighted by Gasteiger charge is -2.17. The van der Waals surface area contributed by atoms with Gasteiger partial charge < -0.3 is 14.6 Å². The quantitative estimate of drug-likeness (QED) is 0.708. The minimum Gasteiger partial charge on any atom is -0.507 e. The van der Waals surface area contributed by atoms with Gasteiger partial charge in [-0.15, -0.1) is 0 Å². The number of nitrogens with zero attached hydrogens (tertiary/aromatic N) is 1. The molecule has 0 saturated carbocycles. The van der Waals surface area contributed by atoms with Gasteiger partial charge in [0.25, 0.3) is 0 Å². The molecule has 3 aromatic rings. The van der Waals surface area contributed by atoms with Gasteiger partial charge in [-0.2, -0.15) is 0 Å². The standard InChI is InChI=1S/C19H19NO4/c1-11-4-5-12-15(8-11)24-16-9-14(21)13(10-20-6-2-3-7-20)19(23)17(16)18(12)22/h4-5,8-9,21,23H,2-3,6-7,10H2,1H3. The summed E-state index contributed by atoms with van der Waals surface area (Å²) in [5, 5.41) is 21.5. The predicted octanol–water partition coefficient (Wildman–Crippen LogP) is 3.26. The average molecular weight is 325 g/mol. The summed E-state index contributed by atoms with van der Waals surface area (Å²) in [7, 11) is 0. The Bertz CT molecular complexity index is 1000. The van der Waals surface area contributed by atoms with Crippen LogP contribution in [0.5, 0.6) is 11.5 Å². The first-order chi connectivity index (χ1) is 11.5. The SMILES string of the molecule is Cc1ccc2c(=O)c3c(O)c(CN4CCCC4)c(O)cc3oc2c1. The number of hydrogen-bond acceptors (Lipinski definition) is 5. The van der Waals surface area contributed by atoms with Crippen LogP contribution >= 0.6 is 0 Å². The lowest BCUT2D eigenvalue weighted by atomic mass is 10.0. The molecule has 0 amide bonds. The van der Waals surface area contributed by atoms with Crippen molar-refractivity contribution in [3.05, 3.63) is 45.6 Å². The number of likely N-dealkylation sites (tertiary alicyclic amines) is 1. The van der Waals surface area contributed by atoms with Crippen LogP contribution in [-0.4, -0.2) is 28.2 Å². The van der Waals surface area contributed by atoms with Crippen LogP contribution in [-0.2, 0) is 6.54 Å². The first-order valence-electron chi connectivity index (χ1n) is 8.18. The van der Waals surface area contributed by atoms with E-state index in [1.165, 1.54) is 6.07 Å². The Morgan fingerprint density at radius 2 is 1.88 bits per heavy atom. The Morgan fingerprint density at radius 1 is 1.12 bits per heavy atom. The van der Waals surface area contributed by atoms with Crippen LogP contribution < -0.4 is 5.43 Å². The molecule has 0 bridgehead atoms. The zero-order valence-electron chi connectivity index (χ0n) is 13.5. The first-order valence-corrected chi connectivity index (χ1v) is 8.18. The van der Waals surface area contributed by atoms with Gasteiger partial charge in [-0.05, 0) is 50.6 Å². The molecule has 5 heteroatoms. The van der Waals surface area contributed by atoms with E-state index in [2.05, 4.69) is 4.90 Å². The fourth-order valence-electron chi connectivity index (χ4n) is 3.45. The topological polar surface area (TPSA) is 73.9 Å². The van der Waals surface area contributed by atoms with Crippen LogP contribution in [0.2, 0.25) is 0 Å². The zero-order valence-corrected chi connectivity index (χ0v) is 13.5. The van der Waals surface area contributed by atoms with E-state index in [0.29, 0.717) is 23.1 Å². The Hall–Kier alpha value is -2.53. The van der Waals surface area contributed by atoms with Gasteiger partial charge in [-0.1, -0.05) is 6.07 Å². The summed E-state index contributed by atoms with van der Waals surface area (Å²) < 4.78 is 5.76. The van der Waals surface area contributed by atoms with E-state index in [9.17, 15) is 15.0 Å². The van der Waals surface area contributed by atoms with Crippen molar-refractivity contribution < 1.29 is 14.6 Å². The molecule has 1 saturated heterocycles. The molecule has 0 aliphatic carbocycles. The smallest absolute Gasteiger partial charge is 0.204 e. The van der Waals surface area contributed by atoms with Crippen molar-refractivity contribution in [2.24, 2.45) is 0 Å². The molecular weight excluding hydrogens is 306 g/mol. The summed E-state index contributed by atoms with van der Waals surface area (Å²) in [6, 6.07) is 6.77. The summed E-state index contributed by atoms with van der Waals surface area (Å²) >= 11 is 0. The number of rotatable bonds is 2. The van der Waals surface area contributed by atoms with Gasteiger partial charge in [0.2, 0.25) is 5.43 Å². The number of hydrogen-bond donors (Lipinski definition) is 2. The molecule has 124 valence electrons. The maximum atomic E-state index is 12.8. The largest absolute Gasteiger partial charge is 0.507 e. The number of fused-ring (bicyclic) bond motifs is 2. The van der Waals surface area contributed by atoms with E-state index in [0.717, 1.165) is 31.5 Å². The van der Waals surface area contributed by atoms with Crippen LogP contribution in [0.1, 0.15) is 24.0 Å². The van der Waals surface area contributed by atoms with Crippen molar-refractivity contribution in [1.29, 1.82) is 0 Å². The van der Waals surface area contributed by atoms with Gasteiger partial charge in [0.1, 0.15) is 28.1 Å². The molecule has 2 N–H and O–H groups in total. The Kier molecular flexibility index (Phi) is 3.46. The Morgan fingerprint density at radius 3 is 2.62 bits per heavy atom. The summed E-state index contributed by atoms with van der Waals surface area (Å²) in [6.07, 6.45) is 2.22. The van der Waals surface area contributed by atoms with Crippen LogP contribution in [0.25, 0.3) is 21.9 Å². The minimum absolute atomic E-state index is 0.0398. The highest BCUT2D eigenvalue weighted by molar-refractivity contribution is 5.95. The van der Waals surface area contributed by atoms with E-state index in [1.54, 1.807) is 12.1 Å². The van der Waals surface area contributed by atoms with E-state index in [1.807, 2.05) is 13.0 Å². The summed E-state index contributed by atoms with van der Waals surface area (Å²) in [5.74, 6) is -0.213. The van der Waals surface area contributed by atoms with Gasteiger partial charge >= 0.3 is 0 Å². The van der Waals surface area contributed by atoms with Gasteiger partial charge in [0.05, 0.1) is 10.9 Å². The predicted molar refractivity (Wildman–Crippen MR) is 92.6 cm³/mol. The van der Waals surface area contributed by atoms with Crippen molar-refractivity contribution >= 4 is 21.9 Å². The molecule has 0 spiro atoms. The molecule has 1 fully saturated rings. The van der Waals surface area contributed by atoms with E-state index >= 15 is 0 Å². The average Bonchev–Trinajstić information content (AvgIpc) is 3.04. The van der Waals surface area contributed by atoms with Crippen LogP contribution in [0.3, 0.4) is 0 Å². The fraction of sp³-hybridized carbons (Fsp3) is 0.316. The Labute approximate surface area is 138 Å². The summed E-state index contributed by atoms with van der Waals surface area (Å²) in [5.41, 5.74) is 1.76. The molecule has 5 nitrogen and oxygen atoms in total. The van der Waals surface area contributed by atoms with E-state index < -0.39 is 0 Å². The van der Waals surface area contributed by atoms with Crippen molar-refractivity contribution in [1.82, 2.24) is 4.90 Å². The molecule has 1 aliphatic rings. The molecule has 0 atom stereocenters. The minimum atomic E-state index is -0.272. The van der Waals surface area contributed by atoms with Crippen LogP contribution in [0, 0.1) is 6.92 Å². The van der Waals surface area contributed by atoms with Crippen molar-refractivity contribution in [2.75, 3.05) is 13.1 Å².